The Kier molecular flexibility index (Phi) is 4.42. The summed E-state index contributed by atoms with van der Waals surface area (Å²) < 4.78 is 9.03. The fourth-order valence-corrected chi connectivity index (χ4v) is 4.44. The van der Waals surface area contributed by atoms with Gasteiger partial charge in [0.2, 0.25) is 0 Å². The Bertz CT molecular complexity index is 564. The van der Waals surface area contributed by atoms with E-state index >= 15 is 0 Å². The van der Waals surface area contributed by atoms with Crippen LogP contribution in [0, 0.1) is 11.8 Å². The fraction of sp³-hybridized carbons (Fsp3) is 0.625. The third-order valence-electron chi connectivity index (χ3n) is 4.60. The van der Waals surface area contributed by atoms with Crippen molar-refractivity contribution in [2.45, 2.75) is 52.0 Å². The average Bonchev–Trinajstić information content (AvgIpc) is 2.79. The predicted molar refractivity (Wildman–Crippen MR) is 85.3 cm³/mol. The van der Waals surface area contributed by atoms with E-state index in [1.807, 2.05) is 0 Å². The number of aromatic nitrogens is 2. The van der Waals surface area contributed by atoms with Crippen LogP contribution in [0.25, 0.3) is 11.0 Å². The van der Waals surface area contributed by atoms with E-state index in [0.717, 1.165) is 22.9 Å². The third-order valence-corrected chi connectivity index (χ3v) is 5.74. The number of nitrogens with one attached hydrogen (secondary N) is 1. The van der Waals surface area contributed by atoms with Crippen LogP contribution in [0.4, 0.5) is 5.69 Å². The molecule has 0 spiro atoms. The average molecular weight is 336 g/mol. The molecular weight excluding hydrogens is 313 g/mol. The molecule has 4 heteroatoms. The molecule has 108 valence electrons. The first-order valence-electron chi connectivity index (χ1n) is 7.72. The van der Waals surface area contributed by atoms with Gasteiger partial charge in [-0.25, -0.2) is 0 Å². The number of anilines is 1. The molecule has 2 unspecified atom stereocenters. The van der Waals surface area contributed by atoms with Gasteiger partial charge >= 0.3 is 127 Å². The molecule has 1 aliphatic carbocycles. The van der Waals surface area contributed by atoms with Crippen molar-refractivity contribution in [2.24, 2.45) is 11.8 Å². The van der Waals surface area contributed by atoms with Gasteiger partial charge in [-0.2, -0.15) is 0 Å². The monoisotopic (exact) mass is 337 g/mol. The zero-order chi connectivity index (χ0) is 13.9. The van der Waals surface area contributed by atoms with Gasteiger partial charge < -0.3 is 0 Å². The van der Waals surface area contributed by atoms with E-state index in [1.54, 1.807) is 0 Å². The Morgan fingerprint density at radius 2 is 2.05 bits per heavy atom. The predicted octanol–water partition coefficient (Wildman–Crippen LogP) is 3.70. The number of nitrogens with zero attached hydrogens (tertiary/aromatic N) is 2. The zero-order valence-corrected chi connectivity index (χ0v) is 14.0. The summed E-state index contributed by atoms with van der Waals surface area (Å²) in [5.41, 5.74) is 3.36. The number of hydrogen-bond acceptors (Lipinski definition) is 3. The molecule has 1 aromatic carbocycles. The van der Waals surface area contributed by atoms with Crippen LogP contribution in [0.5, 0.6) is 0 Å². The molecule has 2 atom stereocenters. The molecule has 1 heterocycles. The first-order chi connectivity index (χ1) is 9.74. The van der Waals surface area contributed by atoms with Crippen molar-refractivity contribution in [3.8, 4) is 0 Å². The van der Waals surface area contributed by atoms with Gasteiger partial charge in [0.15, 0.2) is 0 Å². The van der Waals surface area contributed by atoms with Crippen LogP contribution in [-0.2, 0) is 0 Å². The van der Waals surface area contributed by atoms with Gasteiger partial charge in [0.05, 0.1) is 0 Å². The van der Waals surface area contributed by atoms with Crippen molar-refractivity contribution >= 4 is 31.7 Å². The molecule has 0 aliphatic heterocycles. The summed E-state index contributed by atoms with van der Waals surface area (Å²) in [5, 5.41) is 3.74. The van der Waals surface area contributed by atoms with Crippen molar-refractivity contribution in [1.82, 2.24) is 7.96 Å². The molecule has 1 N–H and O–H groups in total. The maximum atomic E-state index is 4.56. The van der Waals surface area contributed by atoms with E-state index in [9.17, 15) is 0 Å². The van der Waals surface area contributed by atoms with E-state index < -0.39 is 0 Å². The van der Waals surface area contributed by atoms with E-state index in [0.29, 0.717) is 6.04 Å². The molecule has 3 nitrogen and oxygen atoms in total. The quantitative estimate of drug-likeness (QED) is 0.686. The molecule has 1 saturated carbocycles. The summed E-state index contributed by atoms with van der Waals surface area (Å²) >= 11 is 0.0618. The normalized spacial score (nSPS) is 23.9. The van der Waals surface area contributed by atoms with E-state index in [2.05, 4.69) is 45.3 Å². The second-order valence-corrected chi connectivity index (χ2v) is 7.40. The van der Waals surface area contributed by atoms with Gasteiger partial charge in [0, 0.05) is 0 Å². The molecule has 1 aromatic heterocycles. The molecule has 1 aliphatic rings. The van der Waals surface area contributed by atoms with Crippen molar-refractivity contribution < 1.29 is 0 Å². The van der Waals surface area contributed by atoms with Crippen molar-refractivity contribution in [2.75, 3.05) is 5.32 Å². The van der Waals surface area contributed by atoms with Crippen molar-refractivity contribution in [3.63, 3.8) is 0 Å². The molecule has 3 rings (SSSR count). The summed E-state index contributed by atoms with van der Waals surface area (Å²) in [4.78, 5) is 0. The Hall–Kier alpha value is -0.861. The minimum absolute atomic E-state index is 0.0618. The van der Waals surface area contributed by atoms with Gasteiger partial charge in [0.1, 0.15) is 0 Å². The van der Waals surface area contributed by atoms with Gasteiger partial charge in [-0.05, 0) is 0 Å². The van der Waals surface area contributed by atoms with Crippen LogP contribution in [-0.4, -0.2) is 29.0 Å². The molecule has 1 fully saturated rings. The summed E-state index contributed by atoms with van der Waals surface area (Å²) in [6.07, 6.45) is 6.67. The van der Waals surface area contributed by atoms with Crippen molar-refractivity contribution in [3.05, 3.63) is 18.2 Å². The fourth-order valence-electron chi connectivity index (χ4n) is 3.28. The van der Waals surface area contributed by atoms with Crippen molar-refractivity contribution in [1.29, 1.82) is 0 Å². The Morgan fingerprint density at radius 3 is 2.90 bits per heavy atom. The summed E-state index contributed by atoms with van der Waals surface area (Å²) in [6, 6.07) is 6.92. The van der Waals surface area contributed by atoms with E-state index in [1.165, 1.54) is 37.8 Å². The molecule has 0 radical (unpaired) electrons. The Balaban J connectivity index is 1.70. The number of fused-ring (bicyclic) bond motifs is 1. The minimum atomic E-state index is 0.0618. The van der Waals surface area contributed by atoms with Gasteiger partial charge in [0.25, 0.3) is 0 Å². The standard InChI is InChI=1S/C16H23N3Se/c1-11(2)12-5-3-6-13(10-9-12)17-14-7-4-8-15-16(14)19-20-18-15/h4,7-8,11-13,17H,3,5-6,9-10H2,1-2H3. The summed E-state index contributed by atoms with van der Waals surface area (Å²) in [7, 11) is 0. The number of rotatable bonds is 3. The topological polar surface area (TPSA) is 37.8 Å². The van der Waals surface area contributed by atoms with E-state index in [-0.39, 0.29) is 15.0 Å². The molecular formula is C16H23N3Se. The molecule has 0 bridgehead atoms. The maximum absolute atomic E-state index is 4.56. The van der Waals surface area contributed by atoms with Crippen LogP contribution < -0.4 is 5.32 Å². The molecule has 20 heavy (non-hydrogen) atoms. The Labute approximate surface area is 127 Å². The van der Waals surface area contributed by atoms with Crippen LogP contribution in [0.1, 0.15) is 46.0 Å². The van der Waals surface area contributed by atoms with Gasteiger partial charge in [-0.3, -0.25) is 0 Å². The van der Waals surface area contributed by atoms with Crippen LogP contribution in [0.15, 0.2) is 18.2 Å². The molecule has 0 saturated heterocycles. The second kappa shape index (κ2) is 6.28. The number of hydrogen-bond donors (Lipinski definition) is 1. The number of benzene rings is 1. The second-order valence-electron chi connectivity index (χ2n) is 6.29. The Morgan fingerprint density at radius 1 is 1.15 bits per heavy atom. The molecule has 0 amide bonds. The first kappa shape index (κ1) is 14.1. The van der Waals surface area contributed by atoms with E-state index in [4.69, 9.17) is 0 Å². The summed E-state index contributed by atoms with van der Waals surface area (Å²) in [6.45, 7) is 4.73. The van der Waals surface area contributed by atoms with Gasteiger partial charge in [-0.15, -0.1) is 0 Å². The SMILES string of the molecule is CC(C)C1CCCC(Nc2cccc3n[se]nc23)CC1. The first-order valence-corrected chi connectivity index (χ1v) is 9.25. The van der Waals surface area contributed by atoms with Crippen LogP contribution in [0.3, 0.4) is 0 Å². The molecule has 2 aromatic rings. The summed E-state index contributed by atoms with van der Waals surface area (Å²) in [5.74, 6) is 1.73. The third kappa shape index (κ3) is 3.07. The van der Waals surface area contributed by atoms with Crippen LogP contribution >= 0.6 is 0 Å². The van der Waals surface area contributed by atoms with Crippen LogP contribution in [0.2, 0.25) is 0 Å². The van der Waals surface area contributed by atoms with Gasteiger partial charge in [-0.1, -0.05) is 0 Å². The zero-order valence-electron chi connectivity index (χ0n) is 12.3.